The Labute approximate surface area is 332 Å². The van der Waals surface area contributed by atoms with Crippen molar-refractivity contribution in [2.45, 2.75) is 137 Å². The van der Waals surface area contributed by atoms with E-state index in [1.54, 1.807) is 16.7 Å². The van der Waals surface area contributed by atoms with E-state index in [-0.39, 0.29) is 0 Å². The summed E-state index contributed by atoms with van der Waals surface area (Å²) in [4.78, 5) is 17.5. The van der Waals surface area contributed by atoms with Crippen LogP contribution in [0.4, 0.5) is 0 Å². The first-order valence-electron chi connectivity index (χ1n) is 19.7. The standard InChI is InChI=1S/C45H56S6/c1-6-10-13-16-19-32-28-35(9-4)47-43(32)39-26-24-36(48-39)37-25-27-40(49-37)45-34(21-18-15-12-8-3)30-42(51-45)41-29-33(20-17-14-11-7-2)44(50-41)38-23-22-31(5)46-38/h22-30H,6-21H2,1-5H3. The Morgan fingerprint density at radius 1 is 0.373 bits per heavy atom. The van der Waals surface area contributed by atoms with Crippen molar-refractivity contribution in [1.82, 2.24) is 0 Å². The van der Waals surface area contributed by atoms with E-state index in [9.17, 15) is 0 Å². The number of hydrogen-bond donors (Lipinski definition) is 0. The van der Waals surface area contributed by atoms with Gasteiger partial charge < -0.3 is 0 Å². The first-order valence-corrected chi connectivity index (χ1v) is 24.6. The van der Waals surface area contributed by atoms with Crippen LogP contribution in [-0.2, 0) is 25.7 Å². The second-order valence-corrected chi connectivity index (χ2v) is 20.7. The Bertz CT molecular complexity index is 1930. The average Bonchev–Trinajstić information content (AvgIpc) is 3.98. The molecule has 0 saturated carbocycles. The highest BCUT2D eigenvalue weighted by atomic mass is 32.1. The summed E-state index contributed by atoms with van der Waals surface area (Å²) in [6.45, 7) is 11.5. The van der Waals surface area contributed by atoms with Gasteiger partial charge in [0.1, 0.15) is 0 Å². The molecule has 0 aliphatic carbocycles. The van der Waals surface area contributed by atoms with E-state index in [0.717, 1.165) is 6.42 Å². The predicted octanol–water partition coefficient (Wildman–Crippen LogP) is 17.6. The first-order chi connectivity index (χ1) is 25.0. The smallest absolute Gasteiger partial charge is 0.0481 e. The molecule has 0 saturated heterocycles. The molecule has 0 radical (unpaired) electrons. The van der Waals surface area contributed by atoms with Crippen LogP contribution in [0.25, 0.3) is 48.8 Å². The molecule has 6 aromatic rings. The fraction of sp³-hybridized carbons (Fsp3) is 0.467. The van der Waals surface area contributed by atoms with Crippen LogP contribution in [0.2, 0.25) is 0 Å². The fourth-order valence-corrected chi connectivity index (χ4v) is 14.0. The molecule has 0 bridgehead atoms. The van der Waals surface area contributed by atoms with Gasteiger partial charge in [0.2, 0.25) is 0 Å². The zero-order valence-electron chi connectivity index (χ0n) is 31.5. The zero-order valence-corrected chi connectivity index (χ0v) is 36.4. The lowest BCUT2D eigenvalue weighted by Gasteiger charge is -2.02. The third-order valence-corrected chi connectivity index (χ3v) is 17.6. The number of unbranched alkanes of at least 4 members (excludes halogenated alkanes) is 9. The van der Waals surface area contributed by atoms with E-state index in [4.69, 9.17) is 0 Å². The lowest BCUT2D eigenvalue weighted by Crippen LogP contribution is -1.85. The van der Waals surface area contributed by atoms with Crippen LogP contribution in [0.15, 0.2) is 54.6 Å². The predicted molar refractivity (Wildman–Crippen MR) is 239 cm³/mol. The zero-order chi connectivity index (χ0) is 35.6. The second-order valence-electron chi connectivity index (χ2n) is 14.0. The molecule has 0 unspecified atom stereocenters. The maximum absolute atomic E-state index is 2.56. The van der Waals surface area contributed by atoms with E-state index in [1.165, 1.54) is 155 Å². The van der Waals surface area contributed by atoms with Crippen LogP contribution >= 0.6 is 68.0 Å². The summed E-state index contributed by atoms with van der Waals surface area (Å²) in [5.41, 5.74) is 4.68. The Morgan fingerprint density at radius 2 is 0.784 bits per heavy atom. The van der Waals surface area contributed by atoms with Crippen molar-refractivity contribution < 1.29 is 0 Å². The largest absolute Gasteiger partial charge is 0.140 e. The lowest BCUT2D eigenvalue weighted by molar-refractivity contribution is 0.668. The molecule has 6 heteroatoms. The van der Waals surface area contributed by atoms with Gasteiger partial charge in [0.05, 0.1) is 0 Å². The highest BCUT2D eigenvalue weighted by Crippen LogP contribution is 2.49. The maximum Gasteiger partial charge on any atom is 0.0481 e. The van der Waals surface area contributed by atoms with Gasteiger partial charge in [-0.25, -0.2) is 0 Å². The van der Waals surface area contributed by atoms with Crippen LogP contribution < -0.4 is 0 Å². The van der Waals surface area contributed by atoms with Gasteiger partial charge in [0, 0.05) is 58.5 Å². The van der Waals surface area contributed by atoms with Gasteiger partial charge in [-0.05, 0) is 123 Å². The molecule has 0 atom stereocenters. The van der Waals surface area contributed by atoms with Crippen LogP contribution in [0, 0.1) is 6.92 Å². The second kappa shape index (κ2) is 19.5. The molecule has 51 heavy (non-hydrogen) atoms. The third kappa shape index (κ3) is 10.0. The van der Waals surface area contributed by atoms with Crippen molar-refractivity contribution in [3.63, 3.8) is 0 Å². The van der Waals surface area contributed by atoms with Crippen molar-refractivity contribution in [1.29, 1.82) is 0 Å². The molecule has 6 heterocycles. The quantitative estimate of drug-likeness (QED) is 0.0637. The fourth-order valence-electron chi connectivity index (χ4n) is 6.91. The highest BCUT2D eigenvalue weighted by Gasteiger charge is 2.20. The summed E-state index contributed by atoms with van der Waals surface area (Å²) >= 11 is 12.1. The van der Waals surface area contributed by atoms with E-state index in [2.05, 4.69) is 89.2 Å². The lowest BCUT2D eigenvalue weighted by atomic mass is 10.0. The normalized spacial score (nSPS) is 11.7. The minimum atomic E-state index is 1.13. The molecular formula is C45H56S6. The Morgan fingerprint density at radius 3 is 1.22 bits per heavy atom. The van der Waals surface area contributed by atoms with Gasteiger partial charge in [0.25, 0.3) is 0 Å². The van der Waals surface area contributed by atoms with Gasteiger partial charge in [-0.15, -0.1) is 68.0 Å². The van der Waals surface area contributed by atoms with Gasteiger partial charge in [-0.1, -0.05) is 85.5 Å². The van der Waals surface area contributed by atoms with Gasteiger partial charge in [0.15, 0.2) is 0 Å². The maximum atomic E-state index is 2.56. The van der Waals surface area contributed by atoms with Crippen LogP contribution in [0.5, 0.6) is 0 Å². The number of rotatable bonds is 21. The van der Waals surface area contributed by atoms with Crippen LogP contribution in [0.3, 0.4) is 0 Å². The van der Waals surface area contributed by atoms with E-state index in [1.807, 2.05) is 68.0 Å². The number of hydrogen-bond acceptors (Lipinski definition) is 6. The topological polar surface area (TPSA) is 0 Å². The molecule has 0 aromatic carbocycles. The molecule has 6 aromatic heterocycles. The molecule has 0 spiro atoms. The first kappa shape index (κ1) is 38.9. The summed E-state index contributed by atoms with van der Waals surface area (Å²) in [7, 11) is 0. The van der Waals surface area contributed by atoms with E-state index < -0.39 is 0 Å². The van der Waals surface area contributed by atoms with Gasteiger partial charge in [-0.2, -0.15) is 0 Å². The van der Waals surface area contributed by atoms with Crippen molar-refractivity contribution in [3.8, 4) is 48.8 Å². The van der Waals surface area contributed by atoms with E-state index >= 15 is 0 Å². The van der Waals surface area contributed by atoms with Crippen LogP contribution in [0.1, 0.15) is 131 Å². The SMILES string of the molecule is CCCCCCc1cc(CC)sc1-c1ccc(-c2ccc(-c3sc(-c4cc(CCCCCC)c(-c5ccc(C)s5)s4)cc3CCCCCC)s2)s1. The molecule has 0 fully saturated rings. The molecule has 0 aliphatic rings. The molecule has 0 amide bonds. The Hall–Kier alpha value is -1.80. The number of thiophene rings is 6. The van der Waals surface area contributed by atoms with Gasteiger partial charge in [-0.3, -0.25) is 0 Å². The molecule has 0 nitrogen and oxygen atoms in total. The van der Waals surface area contributed by atoms with Crippen molar-refractivity contribution in [3.05, 3.63) is 81.0 Å². The minimum absolute atomic E-state index is 1.13. The summed E-state index contributed by atoms with van der Waals surface area (Å²) in [6, 6.07) is 21.8. The third-order valence-electron chi connectivity index (χ3n) is 9.83. The molecule has 6 rings (SSSR count). The monoisotopic (exact) mass is 788 g/mol. The van der Waals surface area contributed by atoms with E-state index in [0.29, 0.717) is 0 Å². The molecule has 0 N–H and O–H groups in total. The van der Waals surface area contributed by atoms with Crippen LogP contribution in [-0.4, -0.2) is 0 Å². The number of aryl methyl sites for hydroxylation is 5. The minimum Gasteiger partial charge on any atom is -0.140 e. The summed E-state index contributed by atoms with van der Waals surface area (Å²) in [6.07, 6.45) is 20.4. The summed E-state index contributed by atoms with van der Waals surface area (Å²) in [5.74, 6) is 0. The average molecular weight is 789 g/mol. The molecule has 272 valence electrons. The summed E-state index contributed by atoms with van der Waals surface area (Å²) < 4.78 is 0. The summed E-state index contributed by atoms with van der Waals surface area (Å²) in [5, 5.41) is 0. The molecular weight excluding hydrogens is 733 g/mol. The van der Waals surface area contributed by atoms with Crippen molar-refractivity contribution in [2.24, 2.45) is 0 Å². The Kier molecular flexibility index (Phi) is 14.9. The molecule has 0 aliphatic heterocycles. The highest BCUT2D eigenvalue weighted by molar-refractivity contribution is 7.30. The van der Waals surface area contributed by atoms with Crippen molar-refractivity contribution >= 4 is 68.0 Å². The van der Waals surface area contributed by atoms with Gasteiger partial charge >= 0.3 is 0 Å². The Balaban J connectivity index is 1.28. The van der Waals surface area contributed by atoms with Crippen molar-refractivity contribution in [2.75, 3.05) is 0 Å².